The standard InChI is InChI=1S/C16H36N2O2/c1-13(17(8)12-16(6,7)19)11-20-14(2)10-18(9)15(3,4)5/h13-14,19H,10-12H2,1-9H3. The first kappa shape index (κ1) is 19.8. The molecule has 0 rings (SSSR count). The Morgan fingerprint density at radius 1 is 1.05 bits per heavy atom. The van der Waals surface area contributed by atoms with Crippen molar-refractivity contribution in [1.29, 1.82) is 0 Å². The summed E-state index contributed by atoms with van der Waals surface area (Å²) in [4.78, 5) is 4.45. The molecule has 122 valence electrons. The SMILES string of the molecule is CC(CN(C)C(C)(C)C)OCC(C)N(C)CC(C)(C)O. The van der Waals surface area contributed by atoms with E-state index in [1.807, 2.05) is 20.9 Å². The van der Waals surface area contributed by atoms with Gasteiger partial charge in [0.1, 0.15) is 0 Å². The Labute approximate surface area is 126 Å². The molecule has 0 aromatic carbocycles. The Bertz CT molecular complexity index is 269. The monoisotopic (exact) mass is 288 g/mol. The molecule has 0 saturated heterocycles. The number of aliphatic hydroxyl groups is 1. The van der Waals surface area contributed by atoms with Crippen LogP contribution in [0.5, 0.6) is 0 Å². The van der Waals surface area contributed by atoms with E-state index in [4.69, 9.17) is 4.74 Å². The Balaban J connectivity index is 4.09. The number of likely N-dealkylation sites (N-methyl/N-ethyl adjacent to an activating group) is 2. The van der Waals surface area contributed by atoms with Gasteiger partial charge in [-0.2, -0.15) is 0 Å². The van der Waals surface area contributed by atoms with Gasteiger partial charge in [0, 0.05) is 24.7 Å². The minimum absolute atomic E-state index is 0.168. The molecule has 0 radical (unpaired) electrons. The molecule has 4 heteroatoms. The number of rotatable bonds is 8. The molecule has 0 aliphatic rings. The van der Waals surface area contributed by atoms with Crippen LogP contribution in [0.15, 0.2) is 0 Å². The van der Waals surface area contributed by atoms with Gasteiger partial charge in [0.25, 0.3) is 0 Å². The second-order valence-electron chi connectivity index (χ2n) is 7.77. The van der Waals surface area contributed by atoms with E-state index >= 15 is 0 Å². The Morgan fingerprint density at radius 2 is 1.55 bits per heavy atom. The molecule has 2 unspecified atom stereocenters. The fourth-order valence-electron chi connectivity index (χ4n) is 1.91. The lowest BCUT2D eigenvalue weighted by Gasteiger charge is -2.35. The van der Waals surface area contributed by atoms with E-state index in [0.29, 0.717) is 19.2 Å². The van der Waals surface area contributed by atoms with Crippen LogP contribution in [0.2, 0.25) is 0 Å². The van der Waals surface area contributed by atoms with Gasteiger partial charge in [-0.1, -0.05) is 0 Å². The molecule has 0 aromatic rings. The van der Waals surface area contributed by atoms with Crippen LogP contribution < -0.4 is 0 Å². The summed E-state index contributed by atoms with van der Waals surface area (Å²) < 4.78 is 5.94. The van der Waals surface area contributed by atoms with Gasteiger partial charge in [-0.25, -0.2) is 0 Å². The zero-order valence-corrected chi connectivity index (χ0v) is 15.0. The van der Waals surface area contributed by atoms with Gasteiger partial charge >= 0.3 is 0 Å². The van der Waals surface area contributed by atoms with E-state index in [9.17, 15) is 5.11 Å². The third-order valence-corrected chi connectivity index (χ3v) is 3.69. The van der Waals surface area contributed by atoms with Gasteiger partial charge in [0.2, 0.25) is 0 Å². The van der Waals surface area contributed by atoms with Gasteiger partial charge in [0.05, 0.1) is 18.3 Å². The van der Waals surface area contributed by atoms with Crippen LogP contribution in [0.4, 0.5) is 0 Å². The molecule has 0 fully saturated rings. The molecule has 1 N–H and O–H groups in total. The predicted octanol–water partition coefficient (Wildman–Crippen LogP) is 2.21. The van der Waals surface area contributed by atoms with Gasteiger partial charge in [-0.15, -0.1) is 0 Å². The van der Waals surface area contributed by atoms with Crippen molar-refractivity contribution in [2.75, 3.05) is 33.8 Å². The zero-order chi connectivity index (χ0) is 16.1. The van der Waals surface area contributed by atoms with Crippen molar-refractivity contribution in [3.05, 3.63) is 0 Å². The van der Waals surface area contributed by atoms with Crippen molar-refractivity contribution in [3.63, 3.8) is 0 Å². The van der Waals surface area contributed by atoms with E-state index in [1.165, 1.54) is 0 Å². The molecule has 0 aliphatic carbocycles. The van der Waals surface area contributed by atoms with Gasteiger partial charge in [-0.05, 0) is 62.6 Å². The molecule has 2 atom stereocenters. The third kappa shape index (κ3) is 8.90. The summed E-state index contributed by atoms with van der Waals surface area (Å²) >= 11 is 0. The summed E-state index contributed by atoms with van der Waals surface area (Å²) in [5.74, 6) is 0. The molecular weight excluding hydrogens is 252 g/mol. The van der Waals surface area contributed by atoms with Crippen LogP contribution in [-0.2, 0) is 4.74 Å². The topological polar surface area (TPSA) is 35.9 Å². The van der Waals surface area contributed by atoms with Crippen molar-refractivity contribution in [2.45, 2.75) is 71.8 Å². The summed E-state index contributed by atoms with van der Waals surface area (Å²) in [5, 5.41) is 9.83. The average molecular weight is 288 g/mol. The van der Waals surface area contributed by atoms with E-state index in [1.54, 1.807) is 0 Å². The molecule has 0 saturated carbocycles. The number of hydrogen-bond donors (Lipinski definition) is 1. The smallest absolute Gasteiger partial charge is 0.0718 e. The normalized spacial score (nSPS) is 16.8. The van der Waals surface area contributed by atoms with E-state index in [0.717, 1.165) is 6.54 Å². The van der Waals surface area contributed by atoms with Gasteiger partial charge < -0.3 is 9.84 Å². The lowest BCUT2D eigenvalue weighted by atomic mass is 10.1. The summed E-state index contributed by atoms with van der Waals surface area (Å²) in [5.41, 5.74) is -0.498. The number of nitrogens with zero attached hydrogens (tertiary/aromatic N) is 2. The fraction of sp³-hybridized carbons (Fsp3) is 1.00. The number of ether oxygens (including phenoxy) is 1. The molecule has 20 heavy (non-hydrogen) atoms. The molecule has 0 aromatic heterocycles. The van der Waals surface area contributed by atoms with E-state index < -0.39 is 5.60 Å². The molecular formula is C16H36N2O2. The molecule has 0 amide bonds. The highest BCUT2D eigenvalue weighted by Crippen LogP contribution is 2.12. The van der Waals surface area contributed by atoms with Gasteiger partial charge in [-0.3, -0.25) is 9.80 Å². The van der Waals surface area contributed by atoms with Gasteiger partial charge in [0.15, 0.2) is 0 Å². The van der Waals surface area contributed by atoms with Crippen LogP contribution in [0.3, 0.4) is 0 Å². The minimum Gasteiger partial charge on any atom is -0.389 e. The second kappa shape index (κ2) is 7.74. The highest BCUT2D eigenvalue weighted by molar-refractivity contribution is 4.76. The quantitative estimate of drug-likeness (QED) is 0.743. The first-order valence-electron chi connectivity index (χ1n) is 7.58. The molecule has 0 bridgehead atoms. The number of hydrogen-bond acceptors (Lipinski definition) is 4. The van der Waals surface area contributed by atoms with Crippen LogP contribution >= 0.6 is 0 Å². The lowest BCUT2D eigenvalue weighted by Crippen LogP contribution is -2.45. The summed E-state index contributed by atoms with van der Waals surface area (Å²) in [6.45, 7) is 16.8. The van der Waals surface area contributed by atoms with Crippen LogP contribution in [0.1, 0.15) is 48.5 Å². The summed E-state index contributed by atoms with van der Waals surface area (Å²) in [6.07, 6.45) is 0.206. The maximum absolute atomic E-state index is 9.83. The highest BCUT2D eigenvalue weighted by atomic mass is 16.5. The molecule has 4 nitrogen and oxygen atoms in total. The Kier molecular flexibility index (Phi) is 7.67. The van der Waals surface area contributed by atoms with Crippen molar-refractivity contribution < 1.29 is 9.84 Å². The summed E-state index contributed by atoms with van der Waals surface area (Å²) in [7, 11) is 4.15. The Hall–Kier alpha value is -0.160. The second-order valence-corrected chi connectivity index (χ2v) is 7.77. The largest absolute Gasteiger partial charge is 0.389 e. The van der Waals surface area contributed by atoms with Crippen molar-refractivity contribution in [2.24, 2.45) is 0 Å². The average Bonchev–Trinajstić information content (AvgIpc) is 2.21. The van der Waals surface area contributed by atoms with Crippen molar-refractivity contribution in [1.82, 2.24) is 9.80 Å². The van der Waals surface area contributed by atoms with Crippen LogP contribution in [0, 0.1) is 0 Å². The Morgan fingerprint density at radius 3 is 1.95 bits per heavy atom. The predicted molar refractivity (Wildman–Crippen MR) is 86.2 cm³/mol. The molecule has 0 heterocycles. The van der Waals surface area contributed by atoms with E-state index in [2.05, 4.69) is 51.5 Å². The third-order valence-electron chi connectivity index (χ3n) is 3.69. The first-order chi connectivity index (χ1) is 8.83. The maximum atomic E-state index is 9.83. The van der Waals surface area contributed by atoms with Crippen molar-refractivity contribution in [3.8, 4) is 0 Å². The fourth-order valence-corrected chi connectivity index (χ4v) is 1.91. The zero-order valence-electron chi connectivity index (χ0n) is 15.0. The lowest BCUT2D eigenvalue weighted by molar-refractivity contribution is -0.0187. The maximum Gasteiger partial charge on any atom is 0.0718 e. The molecule has 0 aliphatic heterocycles. The first-order valence-corrected chi connectivity index (χ1v) is 7.58. The summed E-state index contributed by atoms with van der Waals surface area (Å²) in [6, 6.07) is 0.295. The minimum atomic E-state index is -0.666. The highest BCUT2D eigenvalue weighted by Gasteiger charge is 2.22. The van der Waals surface area contributed by atoms with Crippen molar-refractivity contribution >= 4 is 0 Å². The molecule has 0 spiro atoms. The van der Waals surface area contributed by atoms with E-state index in [-0.39, 0.29) is 11.6 Å². The van der Waals surface area contributed by atoms with Crippen LogP contribution in [0.25, 0.3) is 0 Å². The van der Waals surface area contributed by atoms with Crippen LogP contribution in [-0.4, -0.2) is 72.0 Å².